The lowest BCUT2D eigenvalue weighted by Crippen LogP contribution is -2.70. The van der Waals surface area contributed by atoms with Crippen LogP contribution in [-0.2, 0) is 9.53 Å². The Morgan fingerprint density at radius 3 is 2.48 bits per heavy atom. The van der Waals surface area contributed by atoms with E-state index >= 15 is 0 Å². The highest BCUT2D eigenvalue weighted by molar-refractivity contribution is 5.69. The fourth-order valence-electron chi connectivity index (χ4n) is 5.37. The summed E-state index contributed by atoms with van der Waals surface area (Å²) < 4.78 is 5.80. The van der Waals surface area contributed by atoms with E-state index in [-0.39, 0.29) is 17.0 Å². The number of unbranched alkanes of at least 4 members (excludes halogenated alkanes) is 2. The zero-order valence-corrected chi connectivity index (χ0v) is 17.1. The average Bonchev–Trinajstić information content (AvgIpc) is 2.61. The fraction of sp³-hybridized carbons (Fsp3) is 0.857. The maximum absolute atomic E-state index is 12.4. The molecule has 4 N–H and O–H groups in total. The van der Waals surface area contributed by atoms with Gasteiger partial charge in [-0.15, -0.1) is 0 Å². The lowest BCUT2D eigenvalue weighted by molar-refractivity contribution is -0.237. The van der Waals surface area contributed by atoms with E-state index in [1.165, 1.54) is 0 Å². The molecule has 0 radical (unpaired) electrons. The lowest BCUT2D eigenvalue weighted by atomic mass is 9.45. The van der Waals surface area contributed by atoms with E-state index < -0.39 is 42.4 Å². The van der Waals surface area contributed by atoms with E-state index in [1.807, 2.05) is 13.8 Å². The van der Waals surface area contributed by atoms with Crippen LogP contribution in [0.1, 0.15) is 66.2 Å². The summed E-state index contributed by atoms with van der Waals surface area (Å²) in [6.45, 7) is 6.79. The topological polar surface area (TPSA) is 107 Å². The Kier molecular flexibility index (Phi) is 6.78. The van der Waals surface area contributed by atoms with Crippen molar-refractivity contribution in [3.63, 3.8) is 0 Å². The van der Waals surface area contributed by atoms with Crippen LogP contribution in [-0.4, -0.2) is 57.4 Å². The van der Waals surface area contributed by atoms with E-state index in [1.54, 1.807) is 13.0 Å². The van der Waals surface area contributed by atoms with Gasteiger partial charge in [-0.3, -0.25) is 4.79 Å². The summed E-state index contributed by atoms with van der Waals surface area (Å²) in [6.07, 6.45) is 4.26. The molecule has 0 unspecified atom stereocenters. The maximum Gasteiger partial charge on any atom is 0.306 e. The van der Waals surface area contributed by atoms with E-state index in [0.29, 0.717) is 19.3 Å². The molecule has 156 valence electrons. The van der Waals surface area contributed by atoms with Crippen molar-refractivity contribution in [1.82, 2.24) is 0 Å². The van der Waals surface area contributed by atoms with Crippen LogP contribution >= 0.6 is 0 Å². The molecule has 0 heterocycles. The zero-order chi connectivity index (χ0) is 20.5. The van der Waals surface area contributed by atoms with E-state index in [2.05, 4.69) is 6.92 Å². The van der Waals surface area contributed by atoms with Gasteiger partial charge in [-0.1, -0.05) is 40.5 Å². The van der Waals surface area contributed by atoms with Crippen LogP contribution in [0.15, 0.2) is 11.6 Å². The third kappa shape index (κ3) is 3.69. The molecule has 6 heteroatoms. The molecule has 0 aromatic rings. The molecule has 0 aliphatic heterocycles. The van der Waals surface area contributed by atoms with Crippen LogP contribution in [0.3, 0.4) is 0 Å². The first-order valence-corrected chi connectivity index (χ1v) is 10.1. The number of aliphatic hydroxyl groups excluding tert-OH is 3. The van der Waals surface area contributed by atoms with Crippen molar-refractivity contribution in [3.05, 3.63) is 11.6 Å². The quantitative estimate of drug-likeness (QED) is 0.304. The first kappa shape index (κ1) is 22.3. The second-order valence-corrected chi connectivity index (χ2v) is 9.08. The van der Waals surface area contributed by atoms with Crippen LogP contribution in [0.4, 0.5) is 0 Å². The molecule has 0 bridgehead atoms. The minimum atomic E-state index is -1.77. The van der Waals surface area contributed by atoms with Crippen molar-refractivity contribution in [2.24, 2.45) is 16.7 Å². The van der Waals surface area contributed by atoms with Crippen molar-refractivity contribution in [1.29, 1.82) is 0 Å². The van der Waals surface area contributed by atoms with Gasteiger partial charge in [0.1, 0.15) is 11.7 Å². The van der Waals surface area contributed by atoms with Gasteiger partial charge in [-0.05, 0) is 36.3 Å². The highest BCUT2D eigenvalue weighted by Gasteiger charge is 2.66. The Morgan fingerprint density at radius 2 is 1.93 bits per heavy atom. The molecule has 0 spiro atoms. The highest BCUT2D eigenvalue weighted by Crippen LogP contribution is 2.61. The monoisotopic (exact) mass is 384 g/mol. The summed E-state index contributed by atoms with van der Waals surface area (Å²) in [5, 5.41) is 42.1. The van der Waals surface area contributed by atoms with Gasteiger partial charge in [-0.2, -0.15) is 0 Å². The molecular formula is C21H36O6. The van der Waals surface area contributed by atoms with Crippen molar-refractivity contribution in [3.8, 4) is 0 Å². The highest BCUT2D eigenvalue weighted by atomic mass is 16.5. The molecule has 0 aromatic carbocycles. The Hall–Kier alpha value is -0.950. The first-order chi connectivity index (χ1) is 12.6. The summed E-state index contributed by atoms with van der Waals surface area (Å²) in [6, 6.07) is 0. The molecule has 1 fully saturated rings. The number of ether oxygens (including phenoxy) is 1. The number of aliphatic hydroxyl groups is 4. The summed E-state index contributed by atoms with van der Waals surface area (Å²) in [4.78, 5) is 12.4. The summed E-state index contributed by atoms with van der Waals surface area (Å²) >= 11 is 0. The number of carbonyl (C=O) groups is 1. The summed E-state index contributed by atoms with van der Waals surface area (Å²) in [7, 11) is 0. The molecule has 2 aliphatic carbocycles. The van der Waals surface area contributed by atoms with Gasteiger partial charge >= 0.3 is 5.97 Å². The lowest BCUT2D eigenvalue weighted by Gasteiger charge is -2.63. The van der Waals surface area contributed by atoms with Gasteiger partial charge in [0, 0.05) is 17.8 Å². The fourth-order valence-corrected chi connectivity index (χ4v) is 5.37. The van der Waals surface area contributed by atoms with Crippen LogP contribution in [0.2, 0.25) is 0 Å². The smallest absolute Gasteiger partial charge is 0.306 e. The van der Waals surface area contributed by atoms with Crippen molar-refractivity contribution in [2.45, 2.75) is 84.0 Å². The first-order valence-electron chi connectivity index (χ1n) is 10.1. The minimum Gasteiger partial charge on any atom is -0.458 e. The molecule has 27 heavy (non-hydrogen) atoms. The van der Waals surface area contributed by atoms with E-state index in [0.717, 1.165) is 19.3 Å². The second-order valence-electron chi connectivity index (χ2n) is 9.08. The number of carbonyl (C=O) groups excluding carboxylic acids is 1. The molecule has 6 nitrogen and oxygen atoms in total. The number of esters is 1. The van der Waals surface area contributed by atoms with Crippen LogP contribution in [0.25, 0.3) is 0 Å². The largest absolute Gasteiger partial charge is 0.458 e. The number of rotatable bonds is 7. The van der Waals surface area contributed by atoms with Crippen molar-refractivity contribution >= 4 is 5.97 Å². The van der Waals surface area contributed by atoms with Gasteiger partial charge in [0.25, 0.3) is 0 Å². The third-order valence-electron chi connectivity index (χ3n) is 7.01. The molecule has 2 aliphatic rings. The van der Waals surface area contributed by atoms with Crippen LogP contribution < -0.4 is 0 Å². The normalized spacial score (nSPS) is 38.1. The molecule has 0 aromatic heterocycles. The molecule has 5 atom stereocenters. The SMILES string of the molecule is CCCCCC(=O)O[C@@H]1C=C(CO)[C@](O)(CO)[C@]2(C)[C@H](O)CCC(C)(C)[C@H]12. The Morgan fingerprint density at radius 1 is 1.26 bits per heavy atom. The standard InChI is InChI=1S/C21H36O6/c1-5-6-7-8-17(25)27-15-11-14(12-22)21(26,13-23)20(4)16(24)9-10-19(2,3)18(15)20/h11,15-16,18,22-24,26H,5-10,12-13H2,1-4H3/t15-,16-,18+,20-,21-/m1/s1. The molecule has 2 rings (SSSR count). The van der Waals surface area contributed by atoms with Gasteiger partial charge in [0.05, 0.1) is 19.3 Å². The van der Waals surface area contributed by atoms with Crippen molar-refractivity contribution < 1.29 is 30.0 Å². The maximum atomic E-state index is 12.4. The summed E-state index contributed by atoms with van der Waals surface area (Å²) in [5.41, 5.74) is -3.05. The zero-order valence-electron chi connectivity index (χ0n) is 17.1. The Labute approximate surface area is 162 Å². The second kappa shape index (κ2) is 8.19. The van der Waals surface area contributed by atoms with Gasteiger partial charge in [0.15, 0.2) is 0 Å². The molecule has 0 saturated heterocycles. The number of hydrogen-bond donors (Lipinski definition) is 4. The predicted molar refractivity (Wildman–Crippen MR) is 102 cm³/mol. The molecule has 0 amide bonds. The third-order valence-corrected chi connectivity index (χ3v) is 7.01. The average molecular weight is 385 g/mol. The van der Waals surface area contributed by atoms with Gasteiger partial charge < -0.3 is 25.2 Å². The van der Waals surface area contributed by atoms with Crippen molar-refractivity contribution in [2.75, 3.05) is 13.2 Å². The molecule has 1 saturated carbocycles. The van der Waals surface area contributed by atoms with E-state index in [9.17, 15) is 25.2 Å². The van der Waals surface area contributed by atoms with E-state index in [4.69, 9.17) is 4.74 Å². The number of fused-ring (bicyclic) bond motifs is 1. The van der Waals surface area contributed by atoms with Gasteiger partial charge in [-0.25, -0.2) is 0 Å². The summed E-state index contributed by atoms with van der Waals surface area (Å²) in [5.74, 6) is -0.703. The Bertz CT molecular complexity index is 571. The van der Waals surface area contributed by atoms with Crippen LogP contribution in [0, 0.1) is 16.7 Å². The Balaban J connectivity index is 2.46. The molecular weight excluding hydrogens is 348 g/mol. The number of hydrogen-bond acceptors (Lipinski definition) is 6. The minimum absolute atomic E-state index is 0.201. The van der Waals surface area contributed by atoms with Crippen LogP contribution in [0.5, 0.6) is 0 Å². The predicted octanol–water partition coefficient (Wildman–Crippen LogP) is 1.94. The van der Waals surface area contributed by atoms with Gasteiger partial charge in [0.2, 0.25) is 0 Å².